The zero-order valence-electron chi connectivity index (χ0n) is 19.1. The summed E-state index contributed by atoms with van der Waals surface area (Å²) >= 11 is 1.58. The third kappa shape index (κ3) is 3.49. The number of H-pyrrole nitrogens is 1. The largest absolute Gasteiger partial charge is 0.358 e. The van der Waals surface area contributed by atoms with E-state index < -0.39 is 0 Å². The minimum absolute atomic E-state index is 0.0965. The highest BCUT2D eigenvalue weighted by Crippen LogP contribution is 2.35. The second kappa shape index (κ2) is 8.12. The van der Waals surface area contributed by atoms with Gasteiger partial charge in [0.25, 0.3) is 5.56 Å². The first-order chi connectivity index (χ1) is 16.1. The first kappa shape index (κ1) is 20.6. The molecule has 0 bridgehead atoms. The number of hydrogen-bond acceptors (Lipinski definition) is 4. The molecule has 0 saturated carbocycles. The van der Waals surface area contributed by atoms with Crippen LogP contribution in [0.15, 0.2) is 53.3 Å². The van der Waals surface area contributed by atoms with Gasteiger partial charge >= 0.3 is 0 Å². The van der Waals surface area contributed by atoms with Crippen LogP contribution in [0, 0.1) is 13.8 Å². The standard InChI is InChI=1S/C27H28N4OS/c1-17-20(26(32)31-23-9-5-6-10-24(23)33-27(31)29-17)13-16-30-14-11-19(12-15-30)25-18(2)28-22-8-4-3-7-21(22)25/h3-10,19,28H,11-16H2,1-2H3. The number of fused-ring (bicyclic) bond motifs is 4. The molecule has 0 unspecified atom stereocenters. The van der Waals surface area contributed by atoms with E-state index >= 15 is 0 Å². The fraction of sp³-hybridized carbons (Fsp3) is 0.333. The van der Waals surface area contributed by atoms with Gasteiger partial charge in [-0.25, -0.2) is 4.98 Å². The number of piperidine rings is 1. The number of nitrogens with one attached hydrogen (secondary N) is 1. The molecular weight excluding hydrogens is 428 g/mol. The molecule has 5 aromatic rings. The number of benzene rings is 2. The van der Waals surface area contributed by atoms with Crippen LogP contribution in [0.25, 0.3) is 26.1 Å². The molecule has 1 N–H and O–H groups in total. The molecule has 2 aromatic carbocycles. The third-order valence-corrected chi connectivity index (χ3v) is 8.30. The summed E-state index contributed by atoms with van der Waals surface area (Å²) in [5.74, 6) is 0.597. The molecule has 1 fully saturated rings. The molecule has 1 aliphatic rings. The minimum Gasteiger partial charge on any atom is -0.358 e. The quantitative estimate of drug-likeness (QED) is 0.392. The Bertz CT molecular complexity index is 1530. The van der Waals surface area contributed by atoms with Crippen LogP contribution in [0.5, 0.6) is 0 Å². The third-order valence-electron chi connectivity index (χ3n) is 7.28. The van der Waals surface area contributed by atoms with E-state index in [9.17, 15) is 4.79 Å². The summed E-state index contributed by atoms with van der Waals surface area (Å²) in [7, 11) is 0. The van der Waals surface area contributed by atoms with E-state index in [0.29, 0.717) is 5.92 Å². The van der Waals surface area contributed by atoms with Crippen molar-refractivity contribution < 1.29 is 0 Å². The summed E-state index contributed by atoms with van der Waals surface area (Å²) in [6.07, 6.45) is 3.07. The van der Waals surface area contributed by atoms with Gasteiger partial charge in [0.2, 0.25) is 0 Å². The number of likely N-dealkylation sites (tertiary alicyclic amines) is 1. The second-order valence-electron chi connectivity index (χ2n) is 9.24. The van der Waals surface area contributed by atoms with Crippen LogP contribution in [0.2, 0.25) is 0 Å². The number of rotatable bonds is 4. The predicted octanol–water partition coefficient (Wildman–Crippen LogP) is 5.43. The van der Waals surface area contributed by atoms with Gasteiger partial charge in [-0.1, -0.05) is 41.7 Å². The smallest absolute Gasteiger partial charge is 0.262 e. The van der Waals surface area contributed by atoms with E-state index in [4.69, 9.17) is 4.98 Å². The molecule has 33 heavy (non-hydrogen) atoms. The van der Waals surface area contributed by atoms with Crippen molar-refractivity contribution in [2.75, 3.05) is 19.6 Å². The lowest BCUT2D eigenvalue weighted by molar-refractivity contribution is 0.214. The Labute approximate surface area is 196 Å². The van der Waals surface area contributed by atoms with Crippen LogP contribution in [0.4, 0.5) is 0 Å². The van der Waals surface area contributed by atoms with Gasteiger partial charge in [0, 0.05) is 34.4 Å². The zero-order valence-corrected chi connectivity index (χ0v) is 19.9. The first-order valence-corrected chi connectivity index (χ1v) is 12.6. The zero-order chi connectivity index (χ0) is 22.5. The Morgan fingerprint density at radius 2 is 1.82 bits per heavy atom. The lowest BCUT2D eigenvalue weighted by atomic mass is 9.87. The molecule has 0 amide bonds. The van der Waals surface area contributed by atoms with Crippen LogP contribution in [0.1, 0.15) is 41.3 Å². The minimum atomic E-state index is 0.0965. The summed E-state index contributed by atoms with van der Waals surface area (Å²) in [6.45, 7) is 7.23. The van der Waals surface area contributed by atoms with Gasteiger partial charge in [0.15, 0.2) is 4.96 Å². The molecule has 168 valence electrons. The maximum absolute atomic E-state index is 13.4. The summed E-state index contributed by atoms with van der Waals surface area (Å²) in [4.78, 5) is 25.0. The van der Waals surface area contributed by atoms with Gasteiger partial charge < -0.3 is 9.88 Å². The second-order valence-corrected chi connectivity index (χ2v) is 10.3. The normalized spacial score (nSPS) is 15.8. The van der Waals surface area contributed by atoms with Crippen molar-refractivity contribution in [2.45, 2.75) is 39.0 Å². The van der Waals surface area contributed by atoms with Crippen molar-refractivity contribution in [3.8, 4) is 0 Å². The van der Waals surface area contributed by atoms with E-state index in [0.717, 1.165) is 65.3 Å². The van der Waals surface area contributed by atoms with Crippen molar-refractivity contribution in [1.29, 1.82) is 0 Å². The van der Waals surface area contributed by atoms with Gasteiger partial charge in [-0.05, 0) is 75.9 Å². The molecule has 0 radical (unpaired) electrons. The Kier molecular flexibility index (Phi) is 5.07. The van der Waals surface area contributed by atoms with E-state index in [-0.39, 0.29) is 5.56 Å². The predicted molar refractivity (Wildman–Crippen MR) is 137 cm³/mol. The Hall–Kier alpha value is -2.96. The maximum atomic E-state index is 13.4. The molecule has 4 heterocycles. The van der Waals surface area contributed by atoms with Gasteiger partial charge in [-0.3, -0.25) is 9.20 Å². The Balaban J connectivity index is 1.19. The number of para-hydroxylation sites is 2. The molecule has 1 saturated heterocycles. The number of nitrogens with zero attached hydrogens (tertiary/aromatic N) is 3. The van der Waals surface area contributed by atoms with Gasteiger partial charge in [-0.2, -0.15) is 0 Å². The van der Waals surface area contributed by atoms with Crippen LogP contribution < -0.4 is 5.56 Å². The van der Waals surface area contributed by atoms with Crippen molar-refractivity contribution in [2.24, 2.45) is 0 Å². The molecule has 3 aromatic heterocycles. The van der Waals surface area contributed by atoms with Crippen LogP contribution in [-0.4, -0.2) is 38.9 Å². The molecule has 0 atom stereocenters. The van der Waals surface area contributed by atoms with E-state index in [1.807, 2.05) is 25.1 Å². The monoisotopic (exact) mass is 456 g/mol. The summed E-state index contributed by atoms with van der Waals surface area (Å²) in [5.41, 5.74) is 6.83. The van der Waals surface area contributed by atoms with Gasteiger partial charge in [0.05, 0.1) is 10.2 Å². The number of aryl methyl sites for hydroxylation is 2. The summed E-state index contributed by atoms with van der Waals surface area (Å²) in [6, 6.07) is 16.7. The van der Waals surface area contributed by atoms with E-state index in [1.54, 1.807) is 15.7 Å². The molecule has 5 nitrogen and oxygen atoms in total. The number of thiazole rings is 1. The average Bonchev–Trinajstić information content (AvgIpc) is 3.36. The molecular formula is C27H28N4OS. The van der Waals surface area contributed by atoms with Crippen molar-refractivity contribution >= 4 is 37.4 Å². The van der Waals surface area contributed by atoms with Crippen LogP contribution in [-0.2, 0) is 6.42 Å². The van der Waals surface area contributed by atoms with Gasteiger partial charge in [0.1, 0.15) is 0 Å². The molecule has 0 aliphatic carbocycles. The topological polar surface area (TPSA) is 53.4 Å². The number of aromatic amines is 1. The lowest BCUT2D eigenvalue weighted by Crippen LogP contribution is -2.35. The van der Waals surface area contributed by atoms with E-state index in [2.05, 4.69) is 47.1 Å². The molecule has 1 aliphatic heterocycles. The highest BCUT2D eigenvalue weighted by Gasteiger charge is 2.25. The summed E-state index contributed by atoms with van der Waals surface area (Å²) < 4.78 is 2.90. The van der Waals surface area contributed by atoms with Crippen molar-refractivity contribution in [3.05, 3.63) is 81.4 Å². The Morgan fingerprint density at radius 1 is 1.06 bits per heavy atom. The lowest BCUT2D eigenvalue weighted by Gasteiger charge is -2.32. The van der Waals surface area contributed by atoms with Crippen molar-refractivity contribution in [1.82, 2.24) is 19.3 Å². The highest BCUT2D eigenvalue weighted by atomic mass is 32.1. The molecule has 0 spiro atoms. The van der Waals surface area contributed by atoms with Gasteiger partial charge in [-0.15, -0.1) is 0 Å². The molecule has 6 heteroatoms. The van der Waals surface area contributed by atoms with Crippen LogP contribution in [0.3, 0.4) is 0 Å². The SMILES string of the molecule is Cc1nc2sc3ccccc3n2c(=O)c1CCN1CCC(c2c(C)[nH]c3ccccc23)CC1. The number of aromatic nitrogens is 3. The average molecular weight is 457 g/mol. The van der Waals surface area contributed by atoms with Crippen molar-refractivity contribution in [3.63, 3.8) is 0 Å². The maximum Gasteiger partial charge on any atom is 0.262 e. The fourth-order valence-corrected chi connectivity index (χ4v) is 6.63. The Morgan fingerprint density at radius 3 is 2.67 bits per heavy atom. The van der Waals surface area contributed by atoms with E-state index in [1.165, 1.54) is 22.2 Å². The summed E-state index contributed by atoms with van der Waals surface area (Å²) in [5, 5.41) is 1.37. The van der Waals surface area contributed by atoms with Crippen LogP contribution >= 0.6 is 11.3 Å². The number of hydrogen-bond donors (Lipinski definition) is 1. The fourth-order valence-electron chi connectivity index (χ4n) is 5.57. The first-order valence-electron chi connectivity index (χ1n) is 11.8. The highest BCUT2D eigenvalue weighted by molar-refractivity contribution is 7.23. The molecule has 6 rings (SSSR count).